The Balaban J connectivity index is 1.37. The van der Waals surface area contributed by atoms with Crippen molar-refractivity contribution in [1.29, 1.82) is 0 Å². The number of hydrogen-bond donors (Lipinski definition) is 0. The average molecular weight is 364 g/mol. The first-order valence-corrected chi connectivity index (χ1v) is 8.90. The van der Waals surface area contributed by atoms with Gasteiger partial charge in [-0.15, -0.1) is 0 Å². The van der Waals surface area contributed by atoms with Gasteiger partial charge >= 0.3 is 0 Å². The Labute approximate surface area is 157 Å². The van der Waals surface area contributed by atoms with E-state index in [2.05, 4.69) is 15.1 Å². The van der Waals surface area contributed by atoms with Crippen molar-refractivity contribution in [3.63, 3.8) is 0 Å². The molecule has 7 nitrogen and oxygen atoms in total. The van der Waals surface area contributed by atoms with E-state index in [1.165, 1.54) is 0 Å². The zero-order chi connectivity index (χ0) is 18.6. The first-order valence-electron chi connectivity index (χ1n) is 8.90. The molecule has 1 aliphatic rings. The number of hydrogen-bond acceptors (Lipinski definition) is 6. The maximum Gasteiger partial charge on any atom is 0.257 e. The molecule has 1 amide bonds. The van der Waals surface area contributed by atoms with Crippen LogP contribution in [-0.2, 0) is 6.42 Å². The van der Waals surface area contributed by atoms with Crippen molar-refractivity contribution in [2.75, 3.05) is 20.2 Å². The highest BCUT2D eigenvalue weighted by Crippen LogP contribution is 2.23. The van der Waals surface area contributed by atoms with Crippen LogP contribution in [0.15, 0.2) is 53.2 Å². The van der Waals surface area contributed by atoms with E-state index < -0.39 is 0 Å². The number of aromatic nitrogens is 3. The number of pyridine rings is 1. The molecule has 27 heavy (non-hydrogen) atoms. The van der Waals surface area contributed by atoms with Crippen molar-refractivity contribution in [3.05, 3.63) is 60.0 Å². The van der Waals surface area contributed by atoms with Crippen molar-refractivity contribution < 1.29 is 14.1 Å². The number of ether oxygens (including phenoxy) is 1. The molecule has 7 heteroatoms. The standard InChI is InChI=1S/C20H20N4O3/c1-26-18-8-7-16(12-21-18)20(25)24-10-9-14(13-24)11-17-22-19(27-23-17)15-5-3-2-4-6-15/h2-8,12,14H,9-11,13H2,1H3. The predicted molar refractivity (Wildman–Crippen MR) is 98.2 cm³/mol. The minimum absolute atomic E-state index is 0.00857. The van der Waals surface area contributed by atoms with E-state index in [1.807, 2.05) is 35.2 Å². The second kappa shape index (κ2) is 7.57. The summed E-state index contributed by atoms with van der Waals surface area (Å²) in [7, 11) is 1.55. The molecule has 1 atom stereocenters. The summed E-state index contributed by atoms with van der Waals surface area (Å²) in [6.07, 6.45) is 3.17. The average Bonchev–Trinajstić information content (AvgIpc) is 3.38. The predicted octanol–water partition coefficient (Wildman–Crippen LogP) is 2.85. The molecule has 1 saturated heterocycles. The summed E-state index contributed by atoms with van der Waals surface area (Å²) in [4.78, 5) is 23.1. The molecular formula is C20H20N4O3. The molecule has 4 rings (SSSR count). The van der Waals surface area contributed by atoms with Gasteiger partial charge in [-0.3, -0.25) is 4.79 Å². The van der Waals surface area contributed by atoms with Gasteiger partial charge in [0.25, 0.3) is 11.8 Å². The van der Waals surface area contributed by atoms with Crippen molar-refractivity contribution >= 4 is 5.91 Å². The largest absolute Gasteiger partial charge is 0.481 e. The van der Waals surface area contributed by atoms with Crippen LogP contribution in [0.25, 0.3) is 11.5 Å². The molecule has 3 heterocycles. The molecule has 1 unspecified atom stereocenters. The van der Waals surface area contributed by atoms with Crippen molar-refractivity contribution in [3.8, 4) is 17.3 Å². The van der Waals surface area contributed by atoms with Crippen LogP contribution in [0.2, 0.25) is 0 Å². The maximum atomic E-state index is 12.6. The van der Waals surface area contributed by atoms with E-state index in [0.717, 1.165) is 18.5 Å². The van der Waals surface area contributed by atoms with Gasteiger partial charge in [-0.1, -0.05) is 23.4 Å². The highest BCUT2D eigenvalue weighted by Gasteiger charge is 2.28. The van der Waals surface area contributed by atoms with Gasteiger partial charge in [-0.25, -0.2) is 4.98 Å². The lowest BCUT2D eigenvalue weighted by molar-refractivity contribution is 0.0786. The van der Waals surface area contributed by atoms with Gasteiger partial charge in [0, 0.05) is 37.3 Å². The van der Waals surface area contributed by atoms with Gasteiger partial charge < -0.3 is 14.2 Å². The van der Waals surface area contributed by atoms with Crippen LogP contribution in [0.5, 0.6) is 5.88 Å². The highest BCUT2D eigenvalue weighted by atomic mass is 16.5. The third-order valence-corrected chi connectivity index (χ3v) is 4.73. The highest BCUT2D eigenvalue weighted by molar-refractivity contribution is 5.94. The Bertz CT molecular complexity index is 908. The fourth-order valence-corrected chi connectivity index (χ4v) is 3.29. The Hall–Kier alpha value is -3.22. The summed E-state index contributed by atoms with van der Waals surface area (Å²) in [5.74, 6) is 2.02. The fraction of sp³-hybridized carbons (Fsp3) is 0.300. The Morgan fingerprint density at radius 3 is 2.85 bits per heavy atom. The van der Waals surface area contributed by atoms with Crippen molar-refractivity contribution in [2.24, 2.45) is 5.92 Å². The molecule has 2 aromatic heterocycles. The topological polar surface area (TPSA) is 81.4 Å². The summed E-state index contributed by atoms with van der Waals surface area (Å²) in [6, 6.07) is 13.1. The third kappa shape index (κ3) is 3.81. The van der Waals surface area contributed by atoms with Crippen LogP contribution in [0, 0.1) is 5.92 Å². The SMILES string of the molecule is COc1ccc(C(=O)N2CCC(Cc3noc(-c4ccccc4)n3)C2)cn1. The molecule has 1 fully saturated rings. The number of amides is 1. The molecular weight excluding hydrogens is 344 g/mol. The van der Waals surface area contributed by atoms with E-state index in [0.29, 0.717) is 42.0 Å². The van der Waals surface area contributed by atoms with Crippen LogP contribution in [0.1, 0.15) is 22.6 Å². The van der Waals surface area contributed by atoms with Crippen molar-refractivity contribution in [1.82, 2.24) is 20.0 Å². The number of carbonyl (C=O) groups is 1. The van der Waals surface area contributed by atoms with E-state index >= 15 is 0 Å². The van der Waals surface area contributed by atoms with E-state index in [4.69, 9.17) is 9.26 Å². The maximum absolute atomic E-state index is 12.6. The summed E-state index contributed by atoms with van der Waals surface area (Å²) in [5.41, 5.74) is 1.48. The van der Waals surface area contributed by atoms with Gasteiger partial charge in [0.15, 0.2) is 5.82 Å². The zero-order valence-corrected chi connectivity index (χ0v) is 15.0. The molecule has 0 aliphatic carbocycles. The van der Waals surface area contributed by atoms with E-state index in [-0.39, 0.29) is 5.91 Å². The number of benzene rings is 1. The Kier molecular flexibility index (Phi) is 4.82. The van der Waals surface area contributed by atoms with Gasteiger partial charge in [-0.2, -0.15) is 4.98 Å². The first-order chi connectivity index (χ1) is 13.2. The molecule has 0 radical (unpaired) electrons. The molecule has 1 aliphatic heterocycles. The van der Waals surface area contributed by atoms with Gasteiger partial charge in [0.1, 0.15) is 0 Å². The lowest BCUT2D eigenvalue weighted by Gasteiger charge is -2.16. The van der Waals surface area contributed by atoms with Gasteiger partial charge in [0.2, 0.25) is 5.88 Å². The molecule has 1 aromatic carbocycles. The molecule has 138 valence electrons. The lowest BCUT2D eigenvalue weighted by Crippen LogP contribution is -2.29. The number of rotatable bonds is 5. The van der Waals surface area contributed by atoms with Gasteiger partial charge in [0.05, 0.1) is 12.7 Å². The van der Waals surface area contributed by atoms with Crippen molar-refractivity contribution in [2.45, 2.75) is 12.8 Å². The second-order valence-corrected chi connectivity index (χ2v) is 6.58. The zero-order valence-electron chi connectivity index (χ0n) is 15.0. The minimum Gasteiger partial charge on any atom is -0.481 e. The second-order valence-electron chi connectivity index (χ2n) is 6.58. The summed E-state index contributed by atoms with van der Waals surface area (Å²) in [6.45, 7) is 1.40. The number of likely N-dealkylation sites (tertiary alicyclic amines) is 1. The number of nitrogens with zero attached hydrogens (tertiary/aromatic N) is 4. The molecule has 0 spiro atoms. The monoisotopic (exact) mass is 364 g/mol. The van der Waals surface area contributed by atoms with Crippen LogP contribution in [0.4, 0.5) is 0 Å². The third-order valence-electron chi connectivity index (χ3n) is 4.73. The van der Waals surface area contributed by atoms with Gasteiger partial charge in [-0.05, 0) is 30.5 Å². The normalized spacial score (nSPS) is 16.5. The molecule has 0 saturated carbocycles. The summed E-state index contributed by atoms with van der Waals surface area (Å²) in [5, 5.41) is 4.09. The van der Waals surface area contributed by atoms with Crippen LogP contribution >= 0.6 is 0 Å². The minimum atomic E-state index is -0.00857. The Morgan fingerprint density at radius 1 is 1.26 bits per heavy atom. The number of carbonyl (C=O) groups excluding carboxylic acids is 1. The molecule has 0 bridgehead atoms. The lowest BCUT2D eigenvalue weighted by atomic mass is 10.0. The Morgan fingerprint density at radius 2 is 2.11 bits per heavy atom. The van der Waals surface area contributed by atoms with E-state index in [1.54, 1.807) is 25.4 Å². The number of methoxy groups -OCH3 is 1. The summed E-state index contributed by atoms with van der Waals surface area (Å²) >= 11 is 0. The van der Waals surface area contributed by atoms with Crippen LogP contribution < -0.4 is 4.74 Å². The fourth-order valence-electron chi connectivity index (χ4n) is 3.29. The van der Waals surface area contributed by atoms with E-state index in [9.17, 15) is 4.79 Å². The molecule has 0 N–H and O–H groups in total. The summed E-state index contributed by atoms with van der Waals surface area (Å²) < 4.78 is 10.4. The smallest absolute Gasteiger partial charge is 0.257 e. The van der Waals surface area contributed by atoms with Crippen LogP contribution in [0.3, 0.4) is 0 Å². The quantitative estimate of drug-likeness (QED) is 0.692. The van der Waals surface area contributed by atoms with Crippen LogP contribution in [-0.4, -0.2) is 46.1 Å². The first kappa shape index (κ1) is 17.2. The molecule has 3 aromatic rings.